The van der Waals surface area contributed by atoms with Crippen LogP contribution in [0.1, 0.15) is 48.1 Å². The van der Waals surface area contributed by atoms with E-state index in [9.17, 15) is 14.4 Å². The molecule has 0 aliphatic carbocycles. The third-order valence-corrected chi connectivity index (χ3v) is 5.64. The molecule has 1 N–H and O–H groups in total. The highest BCUT2D eigenvalue weighted by Gasteiger charge is 2.22. The zero-order valence-electron chi connectivity index (χ0n) is 18.3. The van der Waals surface area contributed by atoms with E-state index in [1.807, 2.05) is 39.1 Å². The van der Waals surface area contributed by atoms with Gasteiger partial charge < -0.3 is 14.8 Å². The highest BCUT2D eigenvalue weighted by Crippen LogP contribution is 2.31. The maximum Gasteiger partial charge on any atom is 0.341 e. The predicted octanol–water partition coefficient (Wildman–Crippen LogP) is 3.80. The molecule has 0 aromatic carbocycles. The Morgan fingerprint density at radius 2 is 1.84 bits per heavy atom. The van der Waals surface area contributed by atoms with E-state index in [1.165, 1.54) is 11.3 Å². The number of rotatable bonds is 10. The fourth-order valence-corrected chi connectivity index (χ4v) is 4.46. The number of hydrogen-bond donors (Lipinski definition) is 1. The van der Waals surface area contributed by atoms with Gasteiger partial charge in [0.25, 0.3) is 5.91 Å². The molecule has 2 aromatic rings. The second-order valence-corrected chi connectivity index (χ2v) is 9.04. The van der Waals surface area contributed by atoms with E-state index in [0.29, 0.717) is 28.1 Å². The SMILES string of the molecule is CCOC(=O)c1c(CC(C)C)csc1NC(=O)COC(=O)CSc1nc(C)cc(C)n1. The molecule has 0 saturated heterocycles. The Morgan fingerprint density at radius 1 is 1.16 bits per heavy atom. The second kappa shape index (κ2) is 11.8. The molecule has 2 rings (SSSR count). The molecule has 0 radical (unpaired) electrons. The number of anilines is 1. The molecule has 2 aromatic heterocycles. The number of carbonyl (C=O) groups excluding carboxylic acids is 3. The number of amides is 1. The van der Waals surface area contributed by atoms with Crippen LogP contribution < -0.4 is 5.32 Å². The van der Waals surface area contributed by atoms with Crippen LogP contribution in [-0.4, -0.2) is 46.8 Å². The highest BCUT2D eigenvalue weighted by molar-refractivity contribution is 7.99. The number of nitrogens with one attached hydrogen (secondary N) is 1. The Kier molecular flexibility index (Phi) is 9.44. The number of thioether (sulfide) groups is 1. The minimum atomic E-state index is -0.555. The Labute approximate surface area is 190 Å². The van der Waals surface area contributed by atoms with Crippen molar-refractivity contribution in [2.45, 2.75) is 46.2 Å². The van der Waals surface area contributed by atoms with E-state index < -0.39 is 24.5 Å². The standard InChI is InChI=1S/C21H27N3O5S2/c1-6-28-20(27)18-15(7-12(2)3)10-30-19(18)24-16(25)9-29-17(26)11-31-21-22-13(4)8-14(5)23-21/h8,10,12H,6-7,9,11H2,1-5H3,(H,24,25). The van der Waals surface area contributed by atoms with Crippen LogP contribution in [0.2, 0.25) is 0 Å². The lowest BCUT2D eigenvalue weighted by Gasteiger charge is -2.10. The molecule has 0 spiro atoms. The van der Waals surface area contributed by atoms with Crippen LogP contribution in [0, 0.1) is 19.8 Å². The lowest BCUT2D eigenvalue weighted by Crippen LogP contribution is -2.22. The first kappa shape index (κ1) is 24.8. The van der Waals surface area contributed by atoms with Crippen molar-refractivity contribution in [2.75, 3.05) is 24.3 Å². The van der Waals surface area contributed by atoms with Gasteiger partial charge in [0.05, 0.1) is 17.9 Å². The summed E-state index contributed by atoms with van der Waals surface area (Å²) in [6.07, 6.45) is 0.688. The molecule has 0 unspecified atom stereocenters. The summed E-state index contributed by atoms with van der Waals surface area (Å²) in [5.74, 6) is -1.23. The first-order valence-corrected chi connectivity index (χ1v) is 11.7. The van der Waals surface area contributed by atoms with Crippen LogP contribution in [0.5, 0.6) is 0 Å². The van der Waals surface area contributed by atoms with Crippen LogP contribution in [0.4, 0.5) is 5.00 Å². The molecule has 10 heteroatoms. The quantitative estimate of drug-likeness (QED) is 0.321. The first-order valence-electron chi connectivity index (χ1n) is 9.87. The van der Waals surface area contributed by atoms with E-state index in [1.54, 1.807) is 6.92 Å². The van der Waals surface area contributed by atoms with Crippen molar-refractivity contribution in [1.29, 1.82) is 0 Å². The van der Waals surface area contributed by atoms with Gasteiger partial charge in [-0.25, -0.2) is 14.8 Å². The lowest BCUT2D eigenvalue weighted by atomic mass is 10.0. The summed E-state index contributed by atoms with van der Waals surface area (Å²) < 4.78 is 10.2. The minimum Gasteiger partial charge on any atom is -0.462 e. The number of hydrogen-bond acceptors (Lipinski definition) is 9. The zero-order chi connectivity index (χ0) is 23.0. The number of aryl methyl sites for hydroxylation is 2. The van der Waals surface area contributed by atoms with Crippen molar-refractivity contribution in [2.24, 2.45) is 5.92 Å². The maximum atomic E-state index is 12.4. The van der Waals surface area contributed by atoms with E-state index in [2.05, 4.69) is 15.3 Å². The van der Waals surface area contributed by atoms with Gasteiger partial charge in [-0.15, -0.1) is 11.3 Å². The molecule has 0 fully saturated rings. The smallest absolute Gasteiger partial charge is 0.341 e. The molecule has 1 amide bonds. The average molecular weight is 466 g/mol. The number of esters is 2. The van der Waals surface area contributed by atoms with Crippen LogP contribution in [0.15, 0.2) is 16.6 Å². The van der Waals surface area contributed by atoms with Crippen LogP contribution >= 0.6 is 23.1 Å². The third kappa shape index (κ3) is 7.95. The van der Waals surface area contributed by atoms with Gasteiger partial charge in [0, 0.05) is 11.4 Å². The van der Waals surface area contributed by atoms with Crippen molar-refractivity contribution in [1.82, 2.24) is 9.97 Å². The van der Waals surface area contributed by atoms with Crippen molar-refractivity contribution < 1.29 is 23.9 Å². The molecule has 8 nitrogen and oxygen atoms in total. The molecular weight excluding hydrogens is 438 g/mol. The molecule has 168 valence electrons. The summed E-state index contributed by atoms with van der Waals surface area (Å²) >= 11 is 2.40. The maximum absolute atomic E-state index is 12.4. The molecule has 31 heavy (non-hydrogen) atoms. The minimum absolute atomic E-state index is 0.0121. The van der Waals surface area contributed by atoms with Gasteiger partial charge in [0.15, 0.2) is 11.8 Å². The summed E-state index contributed by atoms with van der Waals surface area (Å²) in [7, 11) is 0. The van der Waals surface area contributed by atoms with Gasteiger partial charge in [0.1, 0.15) is 5.00 Å². The Balaban J connectivity index is 1.92. The predicted molar refractivity (Wildman–Crippen MR) is 121 cm³/mol. The number of nitrogens with zero attached hydrogens (tertiary/aromatic N) is 2. The number of thiophene rings is 1. The van der Waals surface area contributed by atoms with Gasteiger partial charge in [-0.1, -0.05) is 25.6 Å². The molecular formula is C21H27N3O5S2. The largest absolute Gasteiger partial charge is 0.462 e. The first-order chi connectivity index (χ1) is 14.7. The van der Waals surface area contributed by atoms with E-state index in [-0.39, 0.29) is 12.4 Å². The average Bonchev–Trinajstić information content (AvgIpc) is 3.05. The van der Waals surface area contributed by atoms with Gasteiger partial charge >= 0.3 is 11.9 Å². The Bertz CT molecular complexity index is 923. The molecule has 0 aliphatic rings. The summed E-state index contributed by atoms with van der Waals surface area (Å²) in [5.41, 5.74) is 2.82. The van der Waals surface area contributed by atoms with Gasteiger partial charge in [-0.05, 0) is 50.1 Å². The van der Waals surface area contributed by atoms with E-state index in [4.69, 9.17) is 9.47 Å². The van der Waals surface area contributed by atoms with Crippen molar-refractivity contribution in [3.63, 3.8) is 0 Å². The second-order valence-electron chi connectivity index (χ2n) is 7.21. The summed E-state index contributed by atoms with van der Waals surface area (Å²) in [6, 6.07) is 1.84. The molecule has 2 heterocycles. The molecule has 0 aliphatic heterocycles. The van der Waals surface area contributed by atoms with Gasteiger partial charge in [0.2, 0.25) is 0 Å². The Hall–Kier alpha value is -2.46. The van der Waals surface area contributed by atoms with E-state index in [0.717, 1.165) is 28.7 Å². The number of carbonyl (C=O) groups is 3. The summed E-state index contributed by atoms with van der Waals surface area (Å²) in [6.45, 7) is 9.31. The highest BCUT2D eigenvalue weighted by atomic mass is 32.2. The molecule has 0 saturated carbocycles. The summed E-state index contributed by atoms with van der Waals surface area (Å²) in [4.78, 5) is 45.1. The normalized spacial score (nSPS) is 10.8. The van der Waals surface area contributed by atoms with Crippen LogP contribution in [0.3, 0.4) is 0 Å². The fourth-order valence-electron chi connectivity index (χ4n) is 2.73. The van der Waals surface area contributed by atoms with Crippen molar-refractivity contribution in [3.05, 3.63) is 34.0 Å². The monoisotopic (exact) mass is 465 g/mol. The molecule has 0 atom stereocenters. The van der Waals surface area contributed by atoms with E-state index >= 15 is 0 Å². The number of ether oxygens (including phenoxy) is 2. The Morgan fingerprint density at radius 3 is 2.45 bits per heavy atom. The topological polar surface area (TPSA) is 107 Å². The van der Waals surface area contributed by atoms with Gasteiger partial charge in [-0.3, -0.25) is 9.59 Å². The molecule has 0 bridgehead atoms. The third-order valence-electron chi connectivity index (χ3n) is 3.87. The van der Waals surface area contributed by atoms with Gasteiger partial charge in [-0.2, -0.15) is 0 Å². The fraction of sp³-hybridized carbons (Fsp3) is 0.476. The van der Waals surface area contributed by atoms with Crippen molar-refractivity contribution >= 4 is 45.9 Å². The lowest BCUT2D eigenvalue weighted by molar-refractivity contribution is -0.144. The number of aromatic nitrogens is 2. The van der Waals surface area contributed by atoms with Crippen LogP contribution in [-0.2, 0) is 25.5 Å². The van der Waals surface area contributed by atoms with Crippen LogP contribution in [0.25, 0.3) is 0 Å². The van der Waals surface area contributed by atoms with Crippen molar-refractivity contribution in [3.8, 4) is 0 Å². The zero-order valence-corrected chi connectivity index (χ0v) is 19.9. The summed E-state index contributed by atoms with van der Waals surface area (Å²) in [5, 5.41) is 5.38.